The van der Waals surface area contributed by atoms with Crippen LogP contribution in [-0.2, 0) is 4.74 Å². The quantitative estimate of drug-likeness (QED) is 0.700. The third-order valence-electron chi connectivity index (χ3n) is 2.74. The Morgan fingerprint density at radius 3 is 2.73 bits per heavy atom. The third kappa shape index (κ3) is 4.93. The first-order chi connectivity index (χ1) is 7.11. The molecule has 90 valence electrons. The van der Waals surface area contributed by atoms with E-state index in [1.807, 2.05) is 0 Å². The molecule has 2 atom stereocenters. The molecule has 4 heteroatoms. The summed E-state index contributed by atoms with van der Waals surface area (Å²) < 4.78 is 5.72. The number of hydrogen-bond acceptors (Lipinski definition) is 4. The third-order valence-corrected chi connectivity index (χ3v) is 2.74. The summed E-state index contributed by atoms with van der Waals surface area (Å²) in [6, 6.07) is 0. The van der Waals surface area contributed by atoms with Crippen LogP contribution in [0.15, 0.2) is 0 Å². The molecule has 0 amide bonds. The molecule has 1 aliphatic rings. The number of ether oxygens (including phenoxy) is 1. The van der Waals surface area contributed by atoms with Crippen molar-refractivity contribution in [1.82, 2.24) is 9.80 Å². The second-order valence-corrected chi connectivity index (χ2v) is 4.72. The lowest BCUT2D eigenvalue weighted by Gasteiger charge is -2.36. The fraction of sp³-hybridized carbons (Fsp3) is 1.00. The first-order valence-electron chi connectivity index (χ1n) is 5.84. The molecule has 1 aliphatic heterocycles. The van der Waals surface area contributed by atoms with Gasteiger partial charge in [-0.05, 0) is 40.5 Å². The zero-order valence-electron chi connectivity index (χ0n) is 10.3. The summed E-state index contributed by atoms with van der Waals surface area (Å²) in [6.07, 6.45) is 1.77. The Balaban J connectivity index is 2.22. The highest BCUT2D eigenvalue weighted by Crippen LogP contribution is 2.10. The number of morpholine rings is 1. The standard InChI is InChI=1S/C11H25N3O/c1-10-8-14(6-4-5-13(2)3)9-11(7-12)15-10/h10-11H,4-9,12H2,1-3H3. The molecule has 0 bridgehead atoms. The topological polar surface area (TPSA) is 41.7 Å². The van der Waals surface area contributed by atoms with Gasteiger partial charge in [0.2, 0.25) is 0 Å². The zero-order valence-corrected chi connectivity index (χ0v) is 10.3. The van der Waals surface area contributed by atoms with Gasteiger partial charge in [0.25, 0.3) is 0 Å². The van der Waals surface area contributed by atoms with Crippen molar-refractivity contribution in [2.75, 3.05) is 46.8 Å². The average molecular weight is 215 g/mol. The largest absolute Gasteiger partial charge is 0.371 e. The van der Waals surface area contributed by atoms with Crippen molar-refractivity contribution >= 4 is 0 Å². The lowest BCUT2D eigenvalue weighted by molar-refractivity contribution is -0.0723. The highest BCUT2D eigenvalue weighted by Gasteiger charge is 2.23. The molecule has 0 radical (unpaired) electrons. The van der Waals surface area contributed by atoms with E-state index in [9.17, 15) is 0 Å². The molecule has 0 aliphatic carbocycles. The Morgan fingerprint density at radius 2 is 2.13 bits per heavy atom. The van der Waals surface area contributed by atoms with Gasteiger partial charge in [-0.25, -0.2) is 0 Å². The summed E-state index contributed by atoms with van der Waals surface area (Å²) in [5.74, 6) is 0. The van der Waals surface area contributed by atoms with E-state index >= 15 is 0 Å². The van der Waals surface area contributed by atoms with Gasteiger partial charge in [-0.3, -0.25) is 4.90 Å². The molecular formula is C11H25N3O. The summed E-state index contributed by atoms with van der Waals surface area (Å²) in [5, 5.41) is 0. The van der Waals surface area contributed by atoms with Crippen LogP contribution in [-0.4, -0.2) is 68.8 Å². The van der Waals surface area contributed by atoms with E-state index in [-0.39, 0.29) is 6.10 Å². The summed E-state index contributed by atoms with van der Waals surface area (Å²) in [5.41, 5.74) is 5.64. The van der Waals surface area contributed by atoms with E-state index in [0.29, 0.717) is 12.6 Å². The smallest absolute Gasteiger partial charge is 0.0828 e. The molecule has 0 saturated carbocycles. The van der Waals surface area contributed by atoms with Crippen LogP contribution in [0.5, 0.6) is 0 Å². The Bertz CT molecular complexity index is 175. The molecule has 4 nitrogen and oxygen atoms in total. The van der Waals surface area contributed by atoms with Gasteiger partial charge in [0.1, 0.15) is 0 Å². The number of nitrogens with zero attached hydrogens (tertiary/aromatic N) is 2. The molecule has 2 N–H and O–H groups in total. The molecule has 0 spiro atoms. The summed E-state index contributed by atoms with van der Waals surface area (Å²) >= 11 is 0. The van der Waals surface area contributed by atoms with Crippen LogP contribution in [0.1, 0.15) is 13.3 Å². The van der Waals surface area contributed by atoms with Crippen LogP contribution >= 0.6 is 0 Å². The Hall–Kier alpha value is -0.160. The Morgan fingerprint density at radius 1 is 1.40 bits per heavy atom. The van der Waals surface area contributed by atoms with Crippen molar-refractivity contribution in [3.63, 3.8) is 0 Å². The first-order valence-corrected chi connectivity index (χ1v) is 5.84. The van der Waals surface area contributed by atoms with Gasteiger partial charge in [-0.2, -0.15) is 0 Å². The maximum Gasteiger partial charge on any atom is 0.0828 e. The minimum atomic E-state index is 0.230. The summed E-state index contributed by atoms with van der Waals surface area (Å²) in [4.78, 5) is 4.69. The molecule has 0 aromatic rings. The van der Waals surface area contributed by atoms with E-state index in [0.717, 1.165) is 26.2 Å². The van der Waals surface area contributed by atoms with Gasteiger partial charge in [0, 0.05) is 19.6 Å². The van der Waals surface area contributed by atoms with Crippen LogP contribution in [0.25, 0.3) is 0 Å². The van der Waals surface area contributed by atoms with E-state index in [2.05, 4.69) is 30.8 Å². The molecule has 15 heavy (non-hydrogen) atoms. The second-order valence-electron chi connectivity index (χ2n) is 4.72. The Labute approximate surface area is 93.4 Å². The van der Waals surface area contributed by atoms with Crippen LogP contribution < -0.4 is 5.73 Å². The molecule has 1 heterocycles. The zero-order chi connectivity index (χ0) is 11.3. The monoisotopic (exact) mass is 215 g/mol. The van der Waals surface area contributed by atoms with Crippen molar-refractivity contribution in [2.24, 2.45) is 5.73 Å². The van der Waals surface area contributed by atoms with Crippen LogP contribution in [0.2, 0.25) is 0 Å². The van der Waals surface area contributed by atoms with Crippen LogP contribution in [0.4, 0.5) is 0 Å². The van der Waals surface area contributed by atoms with Gasteiger partial charge in [0.05, 0.1) is 12.2 Å². The minimum absolute atomic E-state index is 0.230. The molecule has 0 aromatic carbocycles. The van der Waals surface area contributed by atoms with Gasteiger partial charge in [0.15, 0.2) is 0 Å². The number of nitrogens with two attached hydrogens (primary N) is 1. The molecular weight excluding hydrogens is 190 g/mol. The predicted octanol–water partition coefficient (Wildman–Crippen LogP) is -0.0139. The molecule has 2 unspecified atom stereocenters. The molecule has 1 rings (SSSR count). The number of hydrogen-bond donors (Lipinski definition) is 1. The molecule has 1 fully saturated rings. The normalized spacial score (nSPS) is 28.6. The van der Waals surface area contributed by atoms with Crippen molar-refractivity contribution < 1.29 is 4.74 Å². The van der Waals surface area contributed by atoms with Crippen LogP contribution in [0.3, 0.4) is 0 Å². The van der Waals surface area contributed by atoms with E-state index in [1.54, 1.807) is 0 Å². The molecule has 0 aromatic heterocycles. The van der Waals surface area contributed by atoms with Crippen LogP contribution in [0, 0.1) is 0 Å². The van der Waals surface area contributed by atoms with Gasteiger partial charge < -0.3 is 15.4 Å². The van der Waals surface area contributed by atoms with E-state index in [1.165, 1.54) is 6.42 Å². The van der Waals surface area contributed by atoms with E-state index in [4.69, 9.17) is 10.5 Å². The highest BCUT2D eigenvalue weighted by molar-refractivity contribution is 4.76. The Kier molecular flexibility index (Phi) is 5.53. The van der Waals surface area contributed by atoms with Gasteiger partial charge in [-0.1, -0.05) is 0 Å². The number of rotatable bonds is 5. The average Bonchev–Trinajstić information content (AvgIpc) is 2.16. The van der Waals surface area contributed by atoms with E-state index < -0.39 is 0 Å². The van der Waals surface area contributed by atoms with Crippen molar-refractivity contribution in [3.8, 4) is 0 Å². The van der Waals surface area contributed by atoms with Gasteiger partial charge in [-0.15, -0.1) is 0 Å². The summed E-state index contributed by atoms with van der Waals surface area (Å²) in [6.45, 7) is 7.11. The fourth-order valence-electron chi connectivity index (χ4n) is 2.06. The maximum atomic E-state index is 5.72. The fourth-order valence-corrected chi connectivity index (χ4v) is 2.06. The van der Waals surface area contributed by atoms with Crippen molar-refractivity contribution in [1.29, 1.82) is 0 Å². The predicted molar refractivity (Wildman–Crippen MR) is 63.0 cm³/mol. The molecule has 1 saturated heterocycles. The maximum absolute atomic E-state index is 5.72. The lowest BCUT2D eigenvalue weighted by Crippen LogP contribution is -2.49. The van der Waals surface area contributed by atoms with Crippen molar-refractivity contribution in [3.05, 3.63) is 0 Å². The summed E-state index contributed by atoms with van der Waals surface area (Å²) in [7, 11) is 4.23. The lowest BCUT2D eigenvalue weighted by atomic mass is 10.2. The minimum Gasteiger partial charge on any atom is -0.371 e. The SMILES string of the molecule is CC1CN(CCCN(C)C)CC(CN)O1. The highest BCUT2D eigenvalue weighted by atomic mass is 16.5. The van der Waals surface area contributed by atoms with Gasteiger partial charge >= 0.3 is 0 Å². The van der Waals surface area contributed by atoms with Crippen molar-refractivity contribution in [2.45, 2.75) is 25.6 Å². The first kappa shape index (κ1) is 12.9. The second kappa shape index (κ2) is 6.43.